The molecule has 1 aliphatic carbocycles. The highest BCUT2D eigenvalue weighted by atomic mass is 16.5. The molecular weight excluding hydrogens is 212 g/mol. The van der Waals surface area contributed by atoms with Gasteiger partial charge in [-0.2, -0.15) is 0 Å². The molecule has 100 valence electrons. The number of piperidine rings is 1. The molecule has 1 saturated carbocycles. The zero-order valence-corrected chi connectivity index (χ0v) is 11.8. The lowest BCUT2D eigenvalue weighted by molar-refractivity contribution is -0.161. The fraction of sp³-hybridized carbons (Fsp3) is 1.00. The Morgan fingerprint density at radius 3 is 2.59 bits per heavy atom. The second kappa shape index (κ2) is 4.87. The van der Waals surface area contributed by atoms with E-state index in [1.165, 1.54) is 6.42 Å². The Morgan fingerprint density at radius 1 is 1.35 bits per heavy atom. The van der Waals surface area contributed by atoms with E-state index in [2.05, 4.69) is 32.6 Å². The van der Waals surface area contributed by atoms with E-state index in [-0.39, 0.29) is 0 Å². The van der Waals surface area contributed by atoms with Crippen molar-refractivity contribution >= 4 is 0 Å². The fourth-order valence-corrected chi connectivity index (χ4v) is 3.60. The van der Waals surface area contributed by atoms with Gasteiger partial charge < -0.3 is 10.5 Å². The smallest absolute Gasteiger partial charge is 0.0655 e. The maximum atomic E-state index is 6.04. The van der Waals surface area contributed by atoms with Gasteiger partial charge in [0.25, 0.3) is 0 Å². The molecule has 0 spiro atoms. The van der Waals surface area contributed by atoms with Crippen LogP contribution >= 0.6 is 0 Å². The van der Waals surface area contributed by atoms with Crippen LogP contribution in [0.25, 0.3) is 0 Å². The number of rotatable bonds is 3. The first-order valence-corrected chi connectivity index (χ1v) is 7.09. The minimum Gasteiger partial charge on any atom is -0.378 e. The average Bonchev–Trinajstić information content (AvgIpc) is 2.25. The highest BCUT2D eigenvalue weighted by molar-refractivity contribution is 5.05. The van der Waals surface area contributed by atoms with E-state index in [0.29, 0.717) is 29.6 Å². The van der Waals surface area contributed by atoms with Crippen LogP contribution in [0.5, 0.6) is 0 Å². The first-order chi connectivity index (χ1) is 7.96. The van der Waals surface area contributed by atoms with Gasteiger partial charge in [-0.15, -0.1) is 0 Å². The molecule has 17 heavy (non-hydrogen) atoms. The summed E-state index contributed by atoms with van der Waals surface area (Å²) in [5.41, 5.74) is 6.34. The maximum Gasteiger partial charge on any atom is 0.0655 e. The minimum atomic E-state index is 0.297. The number of nitrogens with two attached hydrogens (primary N) is 1. The van der Waals surface area contributed by atoms with Crippen molar-refractivity contribution in [2.75, 3.05) is 13.2 Å². The van der Waals surface area contributed by atoms with Crippen molar-refractivity contribution in [2.45, 2.75) is 71.2 Å². The summed E-state index contributed by atoms with van der Waals surface area (Å²) in [5, 5.41) is 0. The lowest BCUT2D eigenvalue weighted by atomic mass is 9.63. The highest BCUT2D eigenvalue weighted by Gasteiger charge is 2.52. The summed E-state index contributed by atoms with van der Waals surface area (Å²) in [7, 11) is 0. The van der Waals surface area contributed by atoms with Crippen LogP contribution in [0.4, 0.5) is 0 Å². The monoisotopic (exact) mass is 240 g/mol. The van der Waals surface area contributed by atoms with Gasteiger partial charge in [0.15, 0.2) is 0 Å². The SMILES string of the molecule is CCOC1CC(N2CCC(N)CC2C)C1(C)C. The van der Waals surface area contributed by atoms with Gasteiger partial charge >= 0.3 is 0 Å². The van der Waals surface area contributed by atoms with Crippen LogP contribution in [-0.4, -0.2) is 42.3 Å². The highest BCUT2D eigenvalue weighted by Crippen LogP contribution is 2.47. The number of ether oxygens (including phenoxy) is 1. The zero-order chi connectivity index (χ0) is 12.6. The summed E-state index contributed by atoms with van der Waals surface area (Å²) in [6.45, 7) is 11.1. The fourth-order valence-electron chi connectivity index (χ4n) is 3.60. The average molecular weight is 240 g/mol. The van der Waals surface area contributed by atoms with E-state index in [9.17, 15) is 0 Å². The third kappa shape index (κ3) is 2.38. The van der Waals surface area contributed by atoms with Crippen molar-refractivity contribution in [3.63, 3.8) is 0 Å². The normalized spacial score (nSPS) is 42.2. The van der Waals surface area contributed by atoms with Crippen molar-refractivity contribution in [3.05, 3.63) is 0 Å². The standard InChI is InChI=1S/C14H28N2O/c1-5-17-13-9-12(14(13,3)4)16-7-6-11(15)8-10(16)2/h10-13H,5-9,15H2,1-4H3. The van der Waals surface area contributed by atoms with Gasteiger partial charge in [-0.3, -0.25) is 4.90 Å². The minimum absolute atomic E-state index is 0.297. The summed E-state index contributed by atoms with van der Waals surface area (Å²) in [6.07, 6.45) is 3.93. The number of hydrogen-bond acceptors (Lipinski definition) is 3. The Hall–Kier alpha value is -0.120. The molecule has 2 N–H and O–H groups in total. The molecule has 4 unspecified atom stereocenters. The van der Waals surface area contributed by atoms with Gasteiger partial charge in [0.1, 0.15) is 0 Å². The summed E-state index contributed by atoms with van der Waals surface area (Å²) < 4.78 is 5.82. The van der Waals surface area contributed by atoms with E-state index in [1.54, 1.807) is 0 Å². The Labute approximate surface area is 106 Å². The lowest BCUT2D eigenvalue weighted by Gasteiger charge is -2.58. The summed E-state index contributed by atoms with van der Waals surface area (Å²) in [4.78, 5) is 2.67. The van der Waals surface area contributed by atoms with Crippen molar-refractivity contribution in [1.29, 1.82) is 0 Å². The van der Waals surface area contributed by atoms with Crippen LogP contribution in [-0.2, 0) is 4.74 Å². The molecular formula is C14H28N2O. The van der Waals surface area contributed by atoms with E-state index in [0.717, 1.165) is 26.0 Å². The quantitative estimate of drug-likeness (QED) is 0.820. The molecule has 4 atom stereocenters. The lowest BCUT2D eigenvalue weighted by Crippen LogP contribution is -2.65. The van der Waals surface area contributed by atoms with Crippen LogP contribution in [0.3, 0.4) is 0 Å². The van der Waals surface area contributed by atoms with Crippen LogP contribution in [0.15, 0.2) is 0 Å². The van der Waals surface area contributed by atoms with Crippen molar-refractivity contribution in [3.8, 4) is 0 Å². The van der Waals surface area contributed by atoms with Crippen LogP contribution in [0.2, 0.25) is 0 Å². The predicted octanol–water partition coefficient (Wildman–Crippen LogP) is 2.00. The molecule has 0 radical (unpaired) electrons. The van der Waals surface area contributed by atoms with E-state index >= 15 is 0 Å². The molecule has 1 heterocycles. The van der Waals surface area contributed by atoms with Gasteiger partial charge in [-0.05, 0) is 33.1 Å². The largest absolute Gasteiger partial charge is 0.378 e. The van der Waals surface area contributed by atoms with Gasteiger partial charge in [0.2, 0.25) is 0 Å². The second-order valence-corrected chi connectivity index (χ2v) is 6.39. The molecule has 0 aromatic heterocycles. The molecule has 2 aliphatic rings. The third-order valence-electron chi connectivity index (χ3n) is 4.86. The Morgan fingerprint density at radius 2 is 2.06 bits per heavy atom. The molecule has 0 aromatic rings. The molecule has 3 heteroatoms. The van der Waals surface area contributed by atoms with Gasteiger partial charge in [-0.1, -0.05) is 13.8 Å². The summed E-state index contributed by atoms with van der Waals surface area (Å²) in [5.74, 6) is 0. The Balaban J connectivity index is 1.96. The first kappa shape index (κ1) is 13.3. The molecule has 3 nitrogen and oxygen atoms in total. The third-order valence-corrected chi connectivity index (χ3v) is 4.86. The van der Waals surface area contributed by atoms with Gasteiger partial charge in [0, 0.05) is 36.7 Å². The van der Waals surface area contributed by atoms with E-state index < -0.39 is 0 Å². The number of nitrogens with zero attached hydrogens (tertiary/aromatic N) is 1. The molecule has 1 aliphatic heterocycles. The van der Waals surface area contributed by atoms with Crippen molar-refractivity contribution in [2.24, 2.45) is 11.1 Å². The van der Waals surface area contributed by atoms with Crippen LogP contribution < -0.4 is 5.73 Å². The van der Waals surface area contributed by atoms with E-state index in [1.807, 2.05) is 0 Å². The summed E-state index contributed by atoms with van der Waals surface area (Å²) >= 11 is 0. The maximum absolute atomic E-state index is 6.04. The first-order valence-electron chi connectivity index (χ1n) is 7.09. The molecule has 0 bridgehead atoms. The molecule has 2 fully saturated rings. The van der Waals surface area contributed by atoms with Crippen LogP contribution in [0, 0.1) is 5.41 Å². The molecule has 1 saturated heterocycles. The predicted molar refractivity (Wildman–Crippen MR) is 71.0 cm³/mol. The van der Waals surface area contributed by atoms with E-state index in [4.69, 9.17) is 10.5 Å². The van der Waals surface area contributed by atoms with Crippen molar-refractivity contribution in [1.82, 2.24) is 4.90 Å². The number of likely N-dealkylation sites (tertiary alicyclic amines) is 1. The molecule has 2 rings (SSSR count). The second-order valence-electron chi connectivity index (χ2n) is 6.39. The Bertz CT molecular complexity index is 267. The molecule has 0 amide bonds. The van der Waals surface area contributed by atoms with Gasteiger partial charge in [-0.25, -0.2) is 0 Å². The molecule has 0 aromatic carbocycles. The van der Waals surface area contributed by atoms with Crippen LogP contribution in [0.1, 0.15) is 47.0 Å². The Kier molecular flexibility index (Phi) is 3.81. The summed E-state index contributed by atoms with van der Waals surface area (Å²) in [6, 6.07) is 1.72. The number of hydrogen-bond donors (Lipinski definition) is 1. The topological polar surface area (TPSA) is 38.5 Å². The zero-order valence-electron chi connectivity index (χ0n) is 11.8. The van der Waals surface area contributed by atoms with Crippen molar-refractivity contribution < 1.29 is 4.74 Å². The van der Waals surface area contributed by atoms with Gasteiger partial charge in [0.05, 0.1) is 6.10 Å².